The van der Waals surface area contributed by atoms with E-state index >= 15 is 0 Å². The molecule has 1 heterocycles. The SMILES string of the molecule is Cc1cc(-c2cc(N)ccc2C)ccn1. The van der Waals surface area contributed by atoms with Crippen LogP contribution in [0.2, 0.25) is 0 Å². The van der Waals surface area contributed by atoms with Gasteiger partial charge in [-0.05, 0) is 54.8 Å². The van der Waals surface area contributed by atoms with E-state index in [1.54, 1.807) is 0 Å². The number of hydrogen-bond donors (Lipinski definition) is 1. The van der Waals surface area contributed by atoms with E-state index < -0.39 is 0 Å². The number of rotatable bonds is 1. The molecular weight excluding hydrogens is 184 g/mol. The van der Waals surface area contributed by atoms with Crippen LogP contribution in [0.15, 0.2) is 36.5 Å². The number of anilines is 1. The Labute approximate surface area is 89.8 Å². The highest BCUT2D eigenvalue weighted by Gasteiger charge is 2.02. The highest BCUT2D eigenvalue weighted by molar-refractivity contribution is 5.70. The lowest BCUT2D eigenvalue weighted by atomic mass is 10.0. The maximum Gasteiger partial charge on any atom is 0.0378 e. The summed E-state index contributed by atoms with van der Waals surface area (Å²) in [5.74, 6) is 0. The fraction of sp³-hybridized carbons (Fsp3) is 0.154. The molecule has 15 heavy (non-hydrogen) atoms. The van der Waals surface area contributed by atoms with E-state index in [4.69, 9.17) is 5.73 Å². The zero-order valence-electron chi connectivity index (χ0n) is 8.99. The summed E-state index contributed by atoms with van der Waals surface area (Å²) in [7, 11) is 0. The van der Waals surface area contributed by atoms with Crippen LogP contribution in [0.5, 0.6) is 0 Å². The van der Waals surface area contributed by atoms with Gasteiger partial charge in [0.1, 0.15) is 0 Å². The molecule has 0 atom stereocenters. The van der Waals surface area contributed by atoms with Gasteiger partial charge in [0, 0.05) is 17.6 Å². The Morgan fingerprint density at radius 2 is 1.87 bits per heavy atom. The van der Waals surface area contributed by atoms with Crippen LogP contribution in [0.25, 0.3) is 11.1 Å². The first-order chi connectivity index (χ1) is 7.16. The Morgan fingerprint density at radius 1 is 1.07 bits per heavy atom. The molecule has 0 aliphatic rings. The smallest absolute Gasteiger partial charge is 0.0378 e. The van der Waals surface area contributed by atoms with Crippen molar-refractivity contribution in [3.8, 4) is 11.1 Å². The highest BCUT2D eigenvalue weighted by Crippen LogP contribution is 2.25. The maximum atomic E-state index is 5.79. The molecule has 0 saturated heterocycles. The second-order valence-corrected chi connectivity index (χ2v) is 3.76. The molecule has 0 fully saturated rings. The monoisotopic (exact) mass is 198 g/mol. The van der Waals surface area contributed by atoms with Crippen molar-refractivity contribution in [3.05, 3.63) is 47.8 Å². The minimum atomic E-state index is 0.796. The van der Waals surface area contributed by atoms with Crippen LogP contribution in [0.1, 0.15) is 11.3 Å². The van der Waals surface area contributed by atoms with E-state index in [1.807, 2.05) is 37.4 Å². The first-order valence-corrected chi connectivity index (χ1v) is 4.96. The van der Waals surface area contributed by atoms with E-state index in [0.717, 1.165) is 11.4 Å². The van der Waals surface area contributed by atoms with Crippen molar-refractivity contribution in [1.29, 1.82) is 0 Å². The summed E-state index contributed by atoms with van der Waals surface area (Å²) in [6.45, 7) is 4.08. The first-order valence-electron chi connectivity index (χ1n) is 4.96. The van der Waals surface area contributed by atoms with Crippen LogP contribution in [0.4, 0.5) is 5.69 Å². The quantitative estimate of drug-likeness (QED) is 0.715. The average Bonchev–Trinajstić information content (AvgIpc) is 2.22. The molecule has 0 bridgehead atoms. The van der Waals surface area contributed by atoms with Crippen LogP contribution in [-0.2, 0) is 0 Å². The number of aryl methyl sites for hydroxylation is 2. The predicted molar refractivity (Wildman–Crippen MR) is 63.6 cm³/mol. The van der Waals surface area contributed by atoms with Crippen LogP contribution >= 0.6 is 0 Å². The predicted octanol–water partition coefficient (Wildman–Crippen LogP) is 2.95. The fourth-order valence-electron chi connectivity index (χ4n) is 1.66. The van der Waals surface area contributed by atoms with Crippen molar-refractivity contribution in [1.82, 2.24) is 4.98 Å². The molecule has 2 N–H and O–H groups in total. The van der Waals surface area contributed by atoms with E-state index in [-0.39, 0.29) is 0 Å². The third-order valence-corrected chi connectivity index (χ3v) is 2.47. The van der Waals surface area contributed by atoms with Crippen LogP contribution in [-0.4, -0.2) is 4.98 Å². The molecular formula is C13H14N2. The molecule has 0 aliphatic heterocycles. The van der Waals surface area contributed by atoms with Gasteiger partial charge in [-0.25, -0.2) is 0 Å². The van der Waals surface area contributed by atoms with Gasteiger partial charge in [-0.15, -0.1) is 0 Å². The van der Waals surface area contributed by atoms with Crippen molar-refractivity contribution >= 4 is 5.69 Å². The van der Waals surface area contributed by atoms with Gasteiger partial charge in [-0.1, -0.05) is 6.07 Å². The number of pyridine rings is 1. The summed E-state index contributed by atoms with van der Waals surface area (Å²) in [6, 6.07) is 10.0. The molecule has 2 heteroatoms. The summed E-state index contributed by atoms with van der Waals surface area (Å²) < 4.78 is 0. The molecule has 0 amide bonds. The number of nitrogens with zero attached hydrogens (tertiary/aromatic N) is 1. The summed E-state index contributed by atoms with van der Waals surface area (Å²) in [4.78, 5) is 4.19. The van der Waals surface area contributed by atoms with Crippen molar-refractivity contribution in [3.63, 3.8) is 0 Å². The summed E-state index contributed by atoms with van der Waals surface area (Å²) in [6.07, 6.45) is 1.83. The van der Waals surface area contributed by atoms with Gasteiger partial charge in [-0.3, -0.25) is 4.98 Å². The lowest BCUT2D eigenvalue weighted by Gasteiger charge is -2.07. The zero-order valence-corrected chi connectivity index (χ0v) is 8.99. The Hall–Kier alpha value is -1.83. The minimum absolute atomic E-state index is 0.796. The van der Waals surface area contributed by atoms with Gasteiger partial charge in [0.2, 0.25) is 0 Å². The second-order valence-electron chi connectivity index (χ2n) is 3.76. The molecule has 0 unspecified atom stereocenters. The molecule has 2 rings (SSSR count). The van der Waals surface area contributed by atoms with Gasteiger partial charge in [-0.2, -0.15) is 0 Å². The average molecular weight is 198 g/mol. The zero-order chi connectivity index (χ0) is 10.8. The Kier molecular flexibility index (Phi) is 2.42. The van der Waals surface area contributed by atoms with Gasteiger partial charge in [0.25, 0.3) is 0 Å². The molecule has 0 spiro atoms. The van der Waals surface area contributed by atoms with Gasteiger partial charge >= 0.3 is 0 Å². The number of hydrogen-bond acceptors (Lipinski definition) is 2. The van der Waals surface area contributed by atoms with Crippen LogP contribution in [0, 0.1) is 13.8 Å². The third kappa shape index (κ3) is 1.99. The van der Waals surface area contributed by atoms with Crippen molar-refractivity contribution < 1.29 is 0 Å². The lowest BCUT2D eigenvalue weighted by Crippen LogP contribution is -1.90. The van der Waals surface area contributed by atoms with Crippen LogP contribution in [0.3, 0.4) is 0 Å². The number of benzene rings is 1. The summed E-state index contributed by atoms with van der Waals surface area (Å²) in [5, 5.41) is 0. The van der Waals surface area contributed by atoms with Gasteiger partial charge in [0.15, 0.2) is 0 Å². The fourth-order valence-corrected chi connectivity index (χ4v) is 1.66. The van der Waals surface area contributed by atoms with Gasteiger partial charge in [0.05, 0.1) is 0 Å². The van der Waals surface area contributed by atoms with Crippen molar-refractivity contribution in [2.75, 3.05) is 5.73 Å². The van der Waals surface area contributed by atoms with Crippen LogP contribution < -0.4 is 5.73 Å². The lowest BCUT2D eigenvalue weighted by molar-refractivity contribution is 1.20. The normalized spacial score (nSPS) is 10.3. The largest absolute Gasteiger partial charge is 0.399 e. The molecule has 2 nitrogen and oxygen atoms in total. The molecule has 76 valence electrons. The number of nitrogen functional groups attached to an aromatic ring is 1. The maximum absolute atomic E-state index is 5.79. The first kappa shape index (κ1) is 9.71. The van der Waals surface area contributed by atoms with E-state index in [2.05, 4.69) is 18.0 Å². The molecule has 1 aromatic carbocycles. The Balaban J connectivity index is 2.58. The van der Waals surface area contributed by atoms with E-state index in [1.165, 1.54) is 16.7 Å². The Morgan fingerprint density at radius 3 is 2.60 bits per heavy atom. The molecule has 0 saturated carbocycles. The van der Waals surface area contributed by atoms with Gasteiger partial charge < -0.3 is 5.73 Å². The standard InChI is InChI=1S/C13H14N2/c1-9-3-4-12(14)8-13(9)11-5-6-15-10(2)7-11/h3-8H,14H2,1-2H3. The van der Waals surface area contributed by atoms with Crippen molar-refractivity contribution in [2.45, 2.75) is 13.8 Å². The third-order valence-electron chi connectivity index (χ3n) is 2.47. The van der Waals surface area contributed by atoms with E-state index in [0.29, 0.717) is 0 Å². The minimum Gasteiger partial charge on any atom is -0.399 e. The number of nitrogens with two attached hydrogens (primary N) is 1. The molecule has 2 aromatic rings. The Bertz CT molecular complexity index is 490. The topological polar surface area (TPSA) is 38.9 Å². The number of aromatic nitrogens is 1. The van der Waals surface area contributed by atoms with E-state index in [9.17, 15) is 0 Å². The molecule has 0 aliphatic carbocycles. The summed E-state index contributed by atoms with van der Waals surface area (Å²) >= 11 is 0. The second kappa shape index (κ2) is 3.73. The molecule has 1 aromatic heterocycles. The summed E-state index contributed by atoms with van der Waals surface area (Å²) in [5.41, 5.74) is 11.2. The molecule has 0 radical (unpaired) electrons. The highest BCUT2D eigenvalue weighted by atomic mass is 14.6. The van der Waals surface area contributed by atoms with Crippen molar-refractivity contribution in [2.24, 2.45) is 0 Å².